The van der Waals surface area contributed by atoms with E-state index in [1.165, 1.54) is 6.92 Å². The maximum atomic E-state index is 13.6. The molecule has 18 heavy (non-hydrogen) atoms. The fraction of sp³-hybridized carbons (Fsp3) is 0.364. The lowest BCUT2D eigenvalue weighted by Gasteiger charge is -2.32. The van der Waals surface area contributed by atoms with Gasteiger partial charge in [-0.1, -0.05) is 0 Å². The highest BCUT2D eigenvalue weighted by Gasteiger charge is 2.48. The maximum Gasteiger partial charge on any atom is 0.408 e. The number of hydrogen-bond donors (Lipinski definition) is 2. The van der Waals surface area contributed by atoms with Crippen LogP contribution < -0.4 is 5.32 Å². The molecule has 1 atom stereocenters. The average Bonchev–Trinajstić information content (AvgIpc) is 2.27. The molecule has 0 unspecified atom stereocenters. The molecule has 0 saturated carbocycles. The molecule has 1 amide bonds. The molecular formula is C11H10F3NO3. The molecule has 0 bridgehead atoms. The third-order valence-corrected chi connectivity index (χ3v) is 2.69. The van der Waals surface area contributed by atoms with Crippen molar-refractivity contribution in [3.63, 3.8) is 0 Å². The van der Waals surface area contributed by atoms with Crippen molar-refractivity contribution >= 4 is 6.09 Å². The number of carbonyl (C=O) groups excluding carboxylic acids is 1. The molecule has 1 saturated heterocycles. The van der Waals surface area contributed by atoms with Crippen molar-refractivity contribution in [3.05, 3.63) is 29.1 Å². The summed E-state index contributed by atoms with van der Waals surface area (Å²) < 4.78 is 44.6. The lowest BCUT2D eigenvalue weighted by molar-refractivity contribution is -0.104. The first kappa shape index (κ1) is 12.5. The van der Waals surface area contributed by atoms with Gasteiger partial charge in [0.05, 0.1) is 0 Å². The predicted octanol–water partition coefficient (Wildman–Crippen LogP) is 2.26. The summed E-state index contributed by atoms with van der Waals surface area (Å²) in [5.74, 6) is -4.66. The number of aryl methyl sites for hydroxylation is 1. The first-order valence-electron chi connectivity index (χ1n) is 5.11. The number of hydrogen-bond acceptors (Lipinski definition) is 3. The number of carbonyl (C=O) groups is 1. The van der Waals surface area contributed by atoms with E-state index >= 15 is 0 Å². The molecule has 1 fully saturated rings. The minimum Gasteiger partial charge on any atom is -0.507 e. The number of aromatic hydroxyl groups is 1. The molecular weight excluding hydrogens is 251 g/mol. The Labute approximate surface area is 100 Å². The van der Waals surface area contributed by atoms with Gasteiger partial charge < -0.3 is 15.2 Å². The summed E-state index contributed by atoms with van der Waals surface area (Å²) in [5.41, 5.74) is -0.254. The number of halogens is 3. The Morgan fingerprint density at radius 3 is 2.83 bits per heavy atom. The van der Waals surface area contributed by atoms with Crippen molar-refractivity contribution in [1.82, 2.24) is 5.32 Å². The van der Waals surface area contributed by atoms with E-state index < -0.39 is 36.2 Å². The van der Waals surface area contributed by atoms with Gasteiger partial charge in [0.25, 0.3) is 0 Å². The van der Waals surface area contributed by atoms with Crippen LogP contribution in [0, 0.1) is 12.7 Å². The molecule has 2 rings (SSSR count). The summed E-state index contributed by atoms with van der Waals surface area (Å²) in [7, 11) is 0. The largest absolute Gasteiger partial charge is 0.507 e. The lowest BCUT2D eigenvalue weighted by atomic mass is 9.97. The average molecular weight is 261 g/mol. The quantitative estimate of drug-likeness (QED) is 0.815. The molecule has 1 aliphatic heterocycles. The van der Waals surface area contributed by atoms with E-state index in [2.05, 4.69) is 4.74 Å². The van der Waals surface area contributed by atoms with Crippen LogP contribution in [0.25, 0.3) is 0 Å². The Hall–Kier alpha value is -1.92. The number of rotatable bonds is 1. The van der Waals surface area contributed by atoms with E-state index in [9.17, 15) is 23.1 Å². The molecule has 1 aromatic rings. The SMILES string of the molecule is Cc1cc(F)cc([C@H]2NC(=O)OCC2(F)F)c1O. The van der Waals surface area contributed by atoms with Crippen molar-refractivity contribution in [3.8, 4) is 5.75 Å². The highest BCUT2D eigenvalue weighted by atomic mass is 19.3. The van der Waals surface area contributed by atoms with Crippen LogP contribution in [0.2, 0.25) is 0 Å². The minimum atomic E-state index is -3.42. The van der Waals surface area contributed by atoms with Gasteiger partial charge in [0, 0.05) is 5.56 Å². The van der Waals surface area contributed by atoms with E-state index in [1.807, 2.05) is 5.32 Å². The van der Waals surface area contributed by atoms with Crippen LogP contribution in [-0.4, -0.2) is 23.7 Å². The van der Waals surface area contributed by atoms with E-state index in [-0.39, 0.29) is 11.1 Å². The van der Waals surface area contributed by atoms with Crippen molar-refractivity contribution < 1.29 is 27.8 Å². The standard InChI is InChI=1S/C11H10F3NO3/c1-5-2-6(12)3-7(8(5)16)9-11(13,14)4-18-10(17)15-9/h2-3,9,16H,4H2,1H3,(H,15,17)/t9-/m1/s1. The fourth-order valence-corrected chi connectivity index (χ4v) is 1.80. The van der Waals surface area contributed by atoms with E-state index in [0.29, 0.717) is 0 Å². The molecule has 0 radical (unpaired) electrons. The number of amides is 1. The first-order chi connectivity index (χ1) is 8.31. The highest BCUT2D eigenvalue weighted by molar-refractivity contribution is 5.69. The van der Waals surface area contributed by atoms with Gasteiger partial charge in [-0.3, -0.25) is 0 Å². The monoisotopic (exact) mass is 261 g/mol. The summed E-state index contributed by atoms with van der Waals surface area (Å²) in [6.07, 6.45) is -1.03. The smallest absolute Gasteiger partial charge is 0.408 e. The molecule has 1 aliphatic rings. The number of cyclic esters (lactones) is 1. The second kappa shape index (κ2) is 4.08. The van der Waals surface area contributed by atoms with Gasteiger partial charge in [-0.25, -0.2) is 18.0 Å². The number of phenolic OH excluding ortho intramolecular Hbond substituents is 1. The highest BCUT2D eigenvalue weighted by Crippen LogP contribution is 2.39. The van der Waals surface area contributed by atoms with E-state index in [0.717, 1.165) is 12.1 Å². The Kier molecular flexibility index (Phi) is 2.84. The molecule has 0 spiro atoms. The normalized spacial score (nSPS) is 22.2. The number of alkyl carbamates (subject to hydrolysis) is 1. The molecule has 7 heteroatoms. The first-order valence-corrected chi connectivity index (χ1v) is 5.11. The van der Waals surface area contributed by atoms with Crippen LogP contribution in [0.3, 0.4) is 0 Å². The molecule has 1 heterocycles. The van der Waals surface area contributed by atoms with Crippen molar-refractivity contribution in [2.75, 3.05) is 6.61 Å². The van der Waals surface area contributed by atoms with Crippen molar-refractivity contribution in [1.29, 1.82) is 0 Å². The Morgan fingerprint density at radius 1 is 1.50 bits per heavy atom. The zero-order valence-electron chi connectivity index (χ0n) is 9.34. The van der Waals surface area contributed by atoms with Gasteiger partial charge >= 0.3 is 12.0 Å². The van der Waals surface area contributed by atoms with Gasteiger partial charge in [-0.2, -0.15) is 0 Å². The van der Waals surface area contributed by atoms with Gasteiger partial charge in [-0.15, -0.1) is 0 Å². The molecule has 98 valence electrons. The summed E-state index contributed by atoms with van der Waals surface area (Å²) in [4.78, 5) is 11.0. The molecule has 4 nitrogen and oxygen atoms in total. The molecule has 0 aliphatic carbocycles. The Balaban J connectivity index is 2.49. The van der Waals surface area contributed by atoms with Gasteiger partial charge in [-0.05, 0) is 24.6 Å². The van der Waals surface area contributed by atoms with E-state index in [1.54, 1.807) is 0 Å². The summed E-state index contributed by atoms with van der Waals surface area (Å²) >= 11 is 0. The third-order valence-electron chi connectivity index (χ3n) is 2.69. The second-order valence-corrected chi connectivity index (χ2v) is 4.08. The van der Waals surface area contributed by atoms with Crippen LogP contribution >= 0.6 is 0 Å². The van der Waals surface area contributed by atoms with Gasteiger partial charge in [0.15, 0.2) is 6.61 Å². The fourth-order valence-electron chi connectivity index (χ4n) is 1.80. The zero-order chi connectivity index (χ0) is 13.5. The van der Waals surface area contributed by atoms with Crippen molar-refractivity contribution in [2.24, 2.45) is 0 Å². The van der Waals surface area contributed by atoms with Crippen molar-refractivity contribution in [2.45, 2.75) is 18.9 Å². The van der Waals surface area contributed by atoms with E-state index in [4.69, 9.17) is 0 Å². The maximum absolute atomic E-state index is 13.6. The number of alkyl halides is 2. The molecule has 2 N–H and O–H groups in total. The van der Waals surface area contributed by atoms with Gasteiger partial charge in [0.1, 0.15) is 17.6 Å². The second-order valence-electron chi connectivity index (χ2n) is 4.08. The number of phenols is 1. The van der Waals surface area contributed by atoms with Crippen LogP contribution in [0.5, 0.6) is 5.75 Å². The Bertz CT molecular complexity index is 505. The lowest BCUT2D eigenvalue weighted by Crippen LogP contribution is -2.49. The number of benzene rings is 1. The van der Waals surface area contributed by atoms with Crippen LogP contribution in [0.4, 0.5) is 18.0 Å². The van der Waals surface area contributed by atoms with Gasteiger partial charge in [0.2, 0.25) is 0 Å². The summed E-state index contributed by atoms with van der Waals surface area (Å²) in [6, 6.07) is -0.0295. The van der Waals surface area contributed by atoms with Crippen LogP contribution in [-0.2, 0) is 4.74 Å². The molecule has 0 aromatic heterocycles. The Morgan fingerprint density at radius 2 is 2.17 bits per heavy atom. The third kappa shape index (κ3) is 2.07. The summed E-state index contributed by atoms with van der Waals surface area (Å²) in [5, 5.41) is 11.6. The number of ether oxygens (including phenoxy) is 1. The predicted molar refractivity (Wildman–Crippen MR) is 55.0 cm³/mol. The number of nitrogens with one attached hydrogen (secondary N) is 1. The zero-order valence-corrected chi connectivity index (χ0v) is 9.34. The molecule has 1 aromatic carbocycles. The minimum absolute atomic E-state index is 0.113. The van der Waals surface area contributed by atoms with Crippen LogP contribution in [0.1, 0.15) is 17.2 Å². The summed E-state index contributed by atoms with van der Waals surface area (Å²) in [6.45, 7) is 0.264. The van der Waals surface area contributed by atoms with Crippen LogP contribution in [0.15, 0.2) is 12.1 Å². The topological polar surface area (TPSA) is 58.6 Å².